The van der Waals surface area contributed by atoms with Gasteiger partial charge in [-0.25, -0.2) is 4.98 Å². The van der Waals surface area contributed by atoms with E-state index < -0.39 is 0 Å². The van der Waals surface area contributed by atoms with Crippen LogP contribution >= 0.6 is 0 Å². The van der Waals surface area contributed by atoms with E-state index in [0.29, 0.717) is 5.95 Å². The summed E-state index contributed by atoms with van der Waals surface area (Å²) in [6.07, 6.45) is 2.92. The highest BCUT2D eigenvalue weighted by atomic mass is 16.5. The van der Waals surface area contributed by atoms with Gasteiger partial charge in [-0.1, -0.05) is 29.8 Å². The van der Waals surface area contributed by atoms with Gasteiger partial charge in [-0.3, -0.25) is 4.90 Å². The lowest BCUT2D eigenvalue weighted by molar-refractivity contribution is 0.0342. The number of fused-ring (bicyclic) bond motifs is 1. The maximum absolute atomic E-state index is 5.44. The van der Waals surface area contributed by atoms with E-state index in [9.17, 15) is 0 Å². The number of nitrogens with zero attached hydrogens (tertiary/aromatic N) is 4. The summed E-state index contributed by atoms with van der Waals surface area (Å²) >= 11 is 0. The molecule has 6 heteroatoms. The summed E-state index contributed by atoms with van der Waals surface area (Å²) in [4.78, 5) is 14.1. The smallest absolute Gasteiger partial charge is 0.229 e. The van der Waals surface area contributed by atoms with Gasteiger partial charge in [0.15, 0.2) is 0 Å². The van der Waals surface area contributed by atoms with Crippen LogP contribution in [0, 0.1) is 6.92 Å². The van der Waals surface area contributed by atoms with Gasteiger partial charge in [0, 0.05) is 49.3 Å². The summed E-state index contributed by atoms with van der Waals surface area (Å²) in [5.74, 6) is 1.63. The minimum absolute atomic E-state index is 0.633. The number of rotatable bonds is 5. The molecular formula is C24H27N5O. The second-order valence-electron chi connectivity index (χ2n) is 7.99. The zero-order valence-electron chi connectivity index (χ0n) is 17.3. The molecule has 1 saturated heterocycles. The monoisotopic (exact) mass is 401 g/mol. The Hall–Kier alpha value is -2.96. The molecule has 0 aliphatic carbocycles. The molecule has 0 radical (unpaired) electrons. The third-order valence-electron chi connectivity index (χ3n) is 5.77. The molecule has 0 bridgehead atoms. The van der Waals surface area contributed by atoms with Crippen molar-refractivity contribution in [3.8, 4) is 0 Å². The molecule has 6 nitrogen and oxygen atoms in total. The third-order valence-corrected chi connectivity index (χ3v) is 5.77. The quantitative estimate of drug-likeness (QED) is 0.696. The molecule has 0 unspecified atom stereocenters. The van der Waals surface area contributed by atoms with Crippen LogP contribution < -0.4 is 10.2 Å². The van der Waals surface area contributed by atoms with E-state index in [1.807, 2.05) is 6.20 Å². The van der Waals surface area contributed by atoms with E-state index in [0.717, 1.165) is 57.3 Å². The Morgan fingerprint density at radius 2 is 1.73 bits per heavy atom. The van der Waals surface area contributed by atoms with Crippen LogP contribution in [0.2, 0.25) is 0 Å². The van der Waals surface area contributed by atoms with Gasteiger partial charge in [0.05, 0.1) is 13.2 Å². The second-order valence-corrected chi connectivity index (χ2v) is 7.99. The fourth-order valence-corrected chi connectivity index (χ4v) is 4.02. The first-order chi connectivity index (χ1) is 14.7. The van der Waals surface area contributed by atoms with Crippen molar-refractivity contribution in [1.82, 2.24) is 14.9 Å². The van der Waals surface area contributed by atoms with Crippen molar-refractivity contribution >= 4 is 23.1 Å². The Morgan fingerprint density at radius 1 is 0.967 bits per heavy atom. The van der Waals surface area contributed by atoms with Gasteiger partial charge in [-0.05, 0) is 43.2 Å². The molecule has 2 aliphatic rings. The molecule has 0 spiro atoms. The molecule has 1 N–H and O–H groups in total. The highest BCUT2D eigenvalue weighted by Gasteiger charge is 2.23. The van der Waals surface area contributed by atoms with Crippen molar-refractivity contribution in [2.75, 3.05) is 43.1 Å². The zero-order valence-corrected chi connectivity index (χ0v) is 17.3. The zero-order chi connectivity index (χ0) is 20.3. The van der Waals surface area contributed by atoms with E-state index in [1.54, 1.807) is 0 Å². The van der Waals surface area contributed by atoms with E-state index in [4.69, 9.17) is 9.72 Å². The Labute approximate surface area is 177 Å². The molecule has 154 valence electrons. The molecule has 0 amide bonds. The average Bonchev–Trinajstić information content (AvgIpc) is 3.20. The highest BCUT2D eigenvalue weighted by molar-refractivity contribution is 5.68. The first-order valence-electron chi connectivity index (χ1n) is 10.6. The number of ether oxygens (including phenoxy) is 1. The minimum atomic E-state index is 0.633. The molecule has 2 aliphatic heterocycles. The number of morpholine rings is 1. The fraction of sp³-hybridized carbons (Fsp3) is 0.333. The molecule has 1 aromatic heterocycles. The van der Waals surface area contributed by atoms with Crippen molar-refractivity contribution < 1.29 is 4.74 Å². The van der Waals surface area contributed by atoms with Gasteiger partial charge < -0.3 is 15.0 Å². The largest absolute Gasteiger partial charge is 0.379 e. The van der Waals surface area contributed by atoms with Crippen LogP contribution in [-0.2, 0) is 17.7 Å². The summed E-state index contributed by atoms with van der Waals surface area (Å²) < 4.78 is 5.44. The molecule has 0 atom stereocenters. The van der Waals surface area contributed by atoms with Crippen LogP contribution in [-0.4, -0.2) is 47.7 Å². The van der Waals surface area contributed by atoms with Gasteiger partial charge >= 0.3 is 0 Å². The molecular weight excluding hydrogens is 374 g/mol. The summed E-state index contributed by atoms with van der Waals surface area (Å²) in [5, 5.41) is 3.32. The Morgan fingerprint density at radius 3 is 2.50 bits per heavy atom. The van der Waals surface area contributed by atoms with Crippen molar-refractivity contribution in [1.29, 1.82) is 0 Å². The number of aryl methyl sites for hydroxylation is 1. The van der Waals surface area contributed by atoms with Crippen molar-refractivity contribution in [2.45, 2.75) is 19.9 Å². The fourth-order valence-electron chi connectivity index (χ4n) is 4.02. The molecule has 5 rings (SSSR count). The molecule has 30 heavy (non-hydrogen) atoms. The predicted octanol–water partition coefficient (Wildman–Crippen LogP) is 4.06. The normalized spacial score (nSPS) is 16.5. The van der Waals surface area contributed by atoms with Crippen LogP contribution in [0.1, 0.15) is 16.7 Å². The first kappa shape index (κ1) is 19.0. The topological polar surface area (TPSA) is 53.5 Å². The number of anilines is 4. The van der Waals surface area contributed by atoms with Crippen molar-refractivity contribution in [3.63, 3.8) is 0 Å². The maximum Gasteiger partial charge on any atom is 0.229 e. The number of hydrogen-bond acceptors (Lipinski definition) is 6. The molecule has 1 fully saturated rings. The Kier molecular flexibility index (Phi) is 5.34. The van der Waals surface area contributed by atoms with E-state index in [1.165, 1.54) is 22.4 Å². The highest BCUT2D eigenvalue weighted by Crippen LogP contribution is 2.33. The first-order valence-corrected chi connectivity index (χ1v) is 10.6. The Bertz CT molecular complexity index is 997. The number of hydrogen-bond donors (Lipinski definition) is 1. The Balaban J connectivity index is 1.31. The van der Waals surface area contributed by atoms with E-state index in [2.05, 4.69) is 75.6 Å². The standard InChI is InChI=1S/C24H27N5O/c1-18-2-6-21(7-3-18)26-24-25-16-20-10-11-29(23(20)27-24)22-8-4-19(5-9-22)17-28-12-14-30-15-13-28/h2-9,16H,10-15,17H2,1H3,(H,25,26,27). The van der Waals surface area contributed by atoms with Crippen LogP contribution in [0.5, 0.6) is 0 Å². The van der Waals surface area contributed by atoms with Gasteiger partial charge in [-0.2, -0.15) is 4.98 Å². The van der Waals surface area contributed by atoms with Gasteiger partial charge in [-0.15, -0.1) is 0 Å². The average molecular weight is 402 g/mol. The number of aromatic nitrogens is 2. The van der Waals surface area contributed by atoms with Crippen LogP contribution in [0.3, 0.4) is 0 Å². The molecule has 2 aromatic carbocycles. The van der Waals surface area contributed by atoms with Crippen LogP contribution in [0.4, 0.5) is 23.1 Å². The second kappa shape index (κ2) is 8.42. The minimum Gasteiger partial charge on any atom is -0.379 e. The van der Waals surface area contributed by atoms with Gasteiger partial charge in [0.2, 0.25) is 5.95 Å². The van der Waals surface area contributed by atoms with E-state index >= 15 is 0 Å². The van der Waals surface area contributed by atoms with Gasteiger partial charge in [0.1, 0.15) is 5.82 Å². The van der Waals surface area contributed by atoms with E-state index in [-0.39, 0.29) is 0 Å². The van der Waals surface area contributed by atoms with Crippen molar-refractivity contribution in [3.05, 3.63) is 71.4 Å². The SMILES string of the molecule is Cc1ccc(Nc2ncc3c(n2)N(c2ccc(CN4CCOCC4)cc2)CC3)cc1. The molecule has 3 heterocycles. The third kappa shape index (κ3) is 4.15. The van der Waals surface area contributed by atoms with Gasteiger partial charge in [0.25, 0.3) is 0 Å². The number of benzene rings is 2. The number of nitrogens with one attached hydrogen (secondary N) is 1. The van der Waals surface area contributed by atoms with Crippen LogP contribution in [0.15, 0.2) is 54.7 Å². The predicted molar refractivity (Wildman–Crippen MR) is 120 cm³/mol. The summed E-state index contributed by atoms with van der Waals surface area (Å²) in [6, 6.07) is 17.2. The lowest BCUT2D eigenvalue weighted by atomic mass is 10.2. The lowest BCUT2D eigenvalue weighted by Gasteiger charge is -2.26. The maximum atomic E-state index is 5.44. The van der Waals surface area contributed by atoms with Crippen molar-refractivity contribution in [2.24, 2.45) is 0 Å². The molecule has 3 aromatic rings. The lowest BCUT2D eigenvalue weighted by Crippen LogP contribution is -2.35. The summed E-state index contributed by atoms with van der Waals surface area (Å²) in [7, 11) is 0. The van der Waals surface area contributed by atoms with Crippen LogP contribution in [0.25, 0.3) is 0 Å². The molecule has 0 saturated carbocycles. The summed E-state index contributed by atoms with van der Waals surface area (Å²) in [5.41, 5.74) is 5.95. The summed E-state index contributed by atoms with van der Waals surface area (Å²) in [6.45, 7) is 7.68.